The molecule has 0 saturated heterocycles. The van der Waals surface area contributed by atoms with E-state index in [2.05, 4.69) is 25.7 Å². The Labute approximate surface area is 170 Å². The highest BCUT2D eigenvalue weighted by Gasteiger charge is 2.09. The topological polar surface area (TPSA) is 74.8 Å². The Morgan fingerprint density at radius 2 is 1.81 bits per heavy atom. The zero-order chi connectivity index (χ0) is 18.7. The number of hydrogen-bond donors (Lipinski definition) is 3. The van der Waals surface area contributed by atoms with Crippen molar-refractivity contribution < 1.29 is 18.3 Å². The number of nitrogens with one attached hydrogen (secondary N) is 3. The van der Waals surface area contributed by atoms with Crippen LogP contribution in [0, 0.1) is 5.92 Å². The van der Waals surface area contributed by atoms with Gasteiger partial charge >= 0.3 is 6.61 Å². The summed E-state index contributed by atoms with van der Waals surface area (Å²) in [7, 11) is 0. The third-order valence-electron chi connectivity index (χ3n) is 3.18. The van der Waals surface area contributed by atoms with Crippen LogP contribution in [0.25, 0.3) is 0 Å². The number of halogens is 3. The number of carbonyl (C=O) groups is 1. The maximum absolute atomic E-state index is 12.4. The third kappa shape index (κ3) is 9.73. The van der Waals surface area contributed by atoms with Crippen molar-refractivity contribution in [2.45, 2.75) is 33.9 Å². The Morgan fingerprint density at radius 3 is 2.42 bits per heavy atom. The summed E-state index contributed by atoms with van der Waals surface area (Å²) >= 11 is 0. The van der Waals surface area contributed by atoms with E-state index in [0.29, 0.717) is 31.2 Å². The number of para-hydroxylation sites is 1. The Balaban J connectivity index is 0.00000625. The maximum Gasteiger partial charge on any atom is 0.387 e. The molecule has 0 fully saturated rings. The first kappa shape index (κ1) is 24.4. The van der Waals surface area contributed by atoms with Gasteiger partial charge < -0.3 is 20.7 Å². The lowest BCUT2D eigenvalue weighted by molar-refractivity contribution is -0.123. The van der Waals surface area contributed by atoms with Gasteiger partial charge in [0.05, 0.1) is 6.54 Å². The molecule has 1 amide bonds. The molecule has 0 heterocycles. The Hall–Kier alpha value is -1.65. The number of guanidine groups is 1. The highest BCUT2D eigenvalue weighted by molar-refractivity contribution is 14.0. The van der Waals surface area contributed by atoms with Gasteiger partial charge in [0.1, 0.15) is 5.75 Å². The number of ether oxygens (including phenoxy) is 1. The zero-order valence-electron chi connectivity index (χ0n) is 15.2. The van der Waals surface area contributed by atoms with E-state index in [0.717, 1.165) is 0 Å². The van der Waals surface area contributed by atoms with Crippen LogP contribution in [-0.4, -0.2) is 38.1 Å². The summed E-state index contributed by atoms with van der Waals surface area (Å²) in [6, 6.07) is 6.54. The molecule has 0 atom stereocenters. The molecule has 0 unspecified atom stereocenters. The van der Waals surface area contributed by atoms with Crippen molar-refractivity contribution in [1.29, 1.82) is 0 Å². The molecule has 0 saturated carbocycles. The van der Waals surface area contributed by atoms with Crippen LogP contribution in [0.2, 0.25) is 0 Å². The van der Waals surface area contributed by atoms with Crippen LogP contribution >= 0.6 is 24.0 Å². The largest absolute Gasteiger partial charge is 0.434 e. The predicted molar refractivity (Wildman–Crippen MR) is 109 cm³/mol. The summed E-state index contributed by atoms with van der Waals surface area (Å²) in [5.41, 5.74) is 0.563. The minimum Gasteiger partial charge on any atom is -0.434 e. The van der Waals surface area contributed by atoms with Crippen LogP contribution in [0.15, 0.2) is 29.3 Å². The average molecular weight is 484 g/mol. The van der Waals surface area contributed by atoms with Crippen molar-refractivity contribution in [2.75, 3.05) is 19.6 Å². The summed E-state index contributed by atoms with van der Waals surface area (Å²) in [5.74, 6) is 0.574. The first-order valence-electron chi connectivity index (χ1n) is 8.26. The lowest BCUT2D eigenvalue weighted by Crippen LogP contribution is -2.42. The van der Waals surface area contributed by atoms with Gasteiger partial charge in [-0.1, -0.05) is 32.0 Å². The van der Waals surface area contributed by atoms with Crippen LogP contribution in [0.3, 0.4) is 0 Å². The Bertz CT molecular complexity index is 571. The van der Waals surface area contributed by atoms with Crippen LogP contribution in [0.4, 0.5) is 8.78 Å². The minimum absolute atomic E-state index is 0. The van der Waals surface area contributed by atoms with Crippen molar-refractivity contribution in [2.24, 2.45) is 10.9 Å². The van der Waals surface area contributed by atoms with E-state index in [1.165, 1.54) is 6.07 Å². The second-order valence-electron chi connectivity index (χ2n) is 5.55. The summed E-state index contributed by atoms with van der Waals surface area (Å²) in [4.78, 5) is 15.8. The van der Waals surface area contributed by atoms with E-state index < -0.39 is 6.61 Å². The van der Waals surface area contributed by atoms with Gasteiger partial charge in [-0.2, -0.15) is 8.78 Å². The predicted octanol–water partition coefficient (Wildman–Crippen LogP) is 2.73. The minimum atomic E-state index is -2.87. The molecule has 1 aromatic rings. The van der Waals surface area contributed by atoms with Crippen molar-refractivity contribution in [3.8, 4) is 5.75 Å². The molecule has 148 valence electrons. The lowest BCUT2D eigenvalue weighted by atomic mass is 10.2. The molecule has 0 radical (unpaired) electrons. The zero-order valence-corrected chi connectivity index (χ0v) is 17.6. The van der Waals surface area contributed by atoms with Gasteiger partial charge in [0.15, 0.2) is 5.96 Å². The van der Waals surface area contributed by atoms with Crippen LogP contribution in [0.1, 0.15) is 26.3 Å². The van der Waals surface area contributed by atoms with E-state index in [9.17, 15) is 13.6 Å². The van der Waals surface area contributed by atoms with Gasteiger partial charge in [-0.15, -0.1) is 24.0 Å². The molecule has 0 aliphatic rings. The SMILES string of the molecule is CCNC(=NCc1ccccc1OC(F)F)NCCNC(=O)C(C)C.I. The molecule has 0 spiro atoms. The fourth-order valence-corrected chi connectivity index (χ4v) is 1.92. The normalized spacial score (nSPS) is 11.1. The van der Waals surface area contributed by atoms with Gasteiger partial charge in [0.2, 0.25) is 5.91 Å². The maximum atomic E-state index is 12.4. The van der Waals surface area contributed by atoms with E-state index in [4.69, 9.17) is 0 Å². The highest BCUT2D eigenvalue weighted by Crippen LogP contribution is 2.20. The molecule has 0 aromatic heterocycles. The van der Waals surface area contributed by atoms with Crippen molar-refractivity contribution in [1.82, 2.24) is 16.0 Å². The number of rotatable bonds is 9. The number of nitrogens with zero attached hydrogens (tertiary/aromatic N) is 1. The molecular formula is C17H27F2IN4O2. The number of hydrogen-bond acceptors (Lipinski definition) is 3. The summed E-state index contributed by atoms with van der Waals surface area (Å²) < 4.78 is 29.4. The van der Waals surface area contributed by atoms with Crippen molar-refractivity contribution in [3.05, 3.63) is 29.8 Å². The first-order valence-corrected chi connectivity index (χ1v) is 8.26. The number of alkyl halides is 2. The van der Waals surface area contributed by atoms with Crippen molar-refractivity contribution >= 4 is 35.8 Å². The van der Waals surface area contributed by atoms with E-state index in [1.807, 2.05) is 20.8 Å². The molecule has 26 heavy (non-hydrogen) atoms. The van der Waals surface area contributed by atoms with Gasteiger partial charge in [-0.25, -0.2) is 4.99 Å². The third-order valence-corrected chi connectivity index (χ3v) is 3.18. The van der Waals surface area contributed by atoms with Crippen LogP contribution in [-0.2, 0) is 11.3 Å². The van der Waals surface area contributed by atoms with Crippen molar-refractivity contribution in [3.63, 3.8) is 0 Å². The van der Waals surface area contributed by atoms with Crippen LogP contribution in [0.5, 0.6) is 5.75 Å². The van der Waals surface area contributed by atoms with E-state index in [1.54, 1.807) is 18.2 Å². The molecule has 1 rings (SSSR count). The summed E-state index contributed by atoms with van der Waals surface area (Å²) in [5, 5.41) is 8.94. The number of benzene rings is 1. The van der Waals surface area contributed by atoms with Gasteiger partial charge in [-0.05, 0) is 13.0 Å². The number of aliphatic imine (C=N–C) groups is 1. The number of carbonyl (C=O) groups excluding carboxylic acids is 1. The molecule has 6 nitrogen and oxygen atoms in total. The molecule has 1 aromatic carbocycles. The van der Waals surface area contributed by atoms with E-state index in [-0.39, 0.29) is 48.1 Å². The fourth-order valence-electron chi connectivity index (χ4n) is 1.92. The Morgan fingerprint density at radius 1 is 1.15 bits per heavy atom. The monoisotopic (exact) mass is 484 g/mol. The van der Waals surface area contributed by atoms with Gasteiger partial charge in [-0.3, -0.25) is 4.79 Å². The van der Waals surface area contributed by atoms with E-state index >= 15 is 0 Å². The first-order chi connectivity index (χ1) is 11.9. The molecule has 3 N–H and O–H groups in total. The van der Waals surface area contributed by atoms with Gasteiger partial charge in [0, 0.05) is 31.1 Å². The molecule has 9 heteroatoms. The molecule has 0 aliphatic heterocycles. The second-order valence-corrected chi connectivity index (χ2v) is 5.55. The standard InChI is InChI=1S/C17H26F2N4O2.HI/c1-4-20-17(22-10-9-21-15(24)12(2)3)23-11-13-7-5-6-8-14(13)25-16(18)19;/h5-8,12,16H,4,9-11H2,1-3H3,(H,21,24)(H2,20,22,23);1H. The number of amides is 1. The smallest absolute Gasteiger partial charge is 0.387 e. The summed E-state index contributed by atoms with van der Waals surface area (Å²) in [6.45, 7) is 4.51. The average Bonchev–Trinajstić information content (AvgIpc) is 2.56. The highest BCUT2D eigenvalue weighted by atomic mass is 127. The molecule has 0 bridgehead atoms. The fraction of sp³-hybridized carbons (Fsp3) is 0.529. The van der Waals surface area contributed by atoms with Gasteiger partial charge in [0.25, 0.3) is 0 Å². The molecular weight excluding hydrogens is 457 g/mol. The Kier molecular flexibility index (Phi) is 12.7. The molecule has 0 aliphatic carbocycles. The van der Waals surface area contributed by atoms with Crippen LogP contribution < -0.4 is 20.7 Å². The summed E-state index contributed by atoms with van der Waals surface area (Å²) in [6.07, 6.45) is 0. The quantitative estimate of drug-likeness (QED) is 0.218. The lowest BCUT2D eigenvalue weighted by Gasteiger charge is -2.13. The second kappa shape index (κ2) is 13.5.